The van der Waals surface area contributed by atoms with E-state index in [1.54, 1.807) is 12.3 Å². The van der Waals surface area contributed by atoms with Gasteiger partial charge in [0.2, 0.25) is 5.95 Å². The van der Waals surface area contributed by atoms with Crippen LogP contribution in [0, 0.1) is 17.5 Å². The maximum atomic E-state index is 13.6. The first-order valence-corrected chi connectivity index (χ1v) is 7.62. The monoisotopic (exact) mass is 352 g/mol. The molecule has 1 fully saturated rings. The highest BCUT2D eigenvalue weighted by Crippen LogP contribution is 2.15. The van der Waals surface area contributed by atoms with Crippen molar-refractivity contribution in [3.05, 3.63) is 53.1 Å². The second-order valence-corrected chi connectivity index (χ2v) is 5.35. The summed E-state index contributed by atoms with van der Waals surface area (Å²) in [5.74, 6) is -4.89. The number of benzene rings is 1. The SMILES string of the molecule is O=C(NCc1ccnc(N2CCOCC2)n1)c1ccc(F)c(F)c1F. The minimum atomic E-state index is -1.68. The van der Waals surface area contributed by atoms with Crippen molar-refractivity contribution < 1.29 is 22.7 Å². The molecule has 0 atom stereocenters. The molecular formula is C16H15F3N4O2. The number of hydrogen-bond acceptors (Lipinski definition) is 5. The van der Waals surface area contributed by atoms with Crippen molar-refractivity contribution in [2.24, 2.45) is 0 Å². The molecule has 2 heterocycles. The van der Waals surface area contributed by atoms with Gasteiger partial charge in [0.05, 0.1) is 31.0 Å². The third kappa shape index (κ3) is 3.87. The molecule has 0 aliphatic carbocycles. The number of anilines is 1. The number of nitrogens with zero attached hydrogens (tertiary/aromatic N) is 3. The Morgan fingerprint density at radius 3 is 2.68 bits per heavy atom. The molecule has 0 unspecified atom stereocenters. The molecule has 2 aromatic rings. The summed E-state index contributed by atoms with van der Waals surface area (Å²) in [5, 5.41) is 2.43. The van der Waals surface area contributed by atoms with Crippen molar-refractivity contribution in [1.82, 2.24) is 15.3 Å². The summed E-state index contributed by atoms with van der Waals surface area (Å²) in [5.41, 5.74) is -0.0609. The molecule has 1 N–H and O–H groups in total. The number of amides is 1. The summed E-state index contributed by atoms with van der Waals surface area (Å²) in [4.78, 5) is 22.4. The molecule has 3 rings (SSSR count). The van der Waals surface area contributed by atoms with Crippen LogP contribution in [-0.4, -0.2) is 42.2 Å². The molecule has 0 saturated carbocycles. The van der Waals surface area contributed by atoms with Gasteiger partial charge >= 0.3 is 0 Å². The van der Waals surface area contributed by atoms with E-state index in [0.717, 1.165) is 6.07 Å². The van der Waals surface area contributed by atoms with Crippen molar-refractivity contribution in [3.8, 4) is 0 Å². The third-order valence-electron chi connectivity index (χ3n) is 3.70. The van der Waals surface area contributed by atoms with Gasteiger partial charge in [0.15, 0.2) is 17.5 Å². The first-order chi connectivity index (χ1) is 12.1. The summed E-state index contributed by atoms with van der Waals surface area (Å²) >= 11 is 0. The van der Waals surface area contributed by atoms with Crippen molar-refractivity contribution in [2.45, 2.75) is 6.54 Å². The largest absolute Gasteiger partial charge is 0.378 e. The molecule has 1 amide bonds. The molecule has 132 valence electrons. The summed E-state index contributed by atoms with van der Waals surface area (Å²) in [7, 11) is 0. The number of rotatable bonds is 4. The molecule has 1 aromatic heterocycles. The van der Waals surface area contributed by atoms with Crippen LogP contribution in [0.4, 0.5) is 19.1 Å². The van der Waals surface area contributed by atoms with Gasteiger partial charge < -0.3 is 15.0 Å². The second kappa shape index (κ2) is 7.47. The van der Waals surface area contributed by atoms with Crippen LogP contribution < -0.4 is 10.2 Å². The lowest BCUT2D eigenvalue weighted by Crippen LogP contribution is -2.37. The van der Waals surface area contributed by atoms with Gasteiger partial charge in [-0.05, 0) is 18.2 Å². The van der Waals surface area contributed by atoms with Gasteiger partial charge in [0, 0.05) is 19.3 Å². The Labute approximate surface area is 141 Å². The molecule has 1 saturated heterocycles. The molecule has 0 bridgehead atoms. The number of aromatic nitrogens is 2. The number of nitrogens with one attached hydrogen (secondary N) is 1. The molecular weight excluding hydrogens is 337 g/mol. The smallest absolute Gasteiger partial charge is 0.254 e. The van der Waals surface area contributed by atoms with Crippen molar-refractivity contribution >= 4 is 11.9 Å². The standard InChI is InChI=1S/C16H15F3N4O2/c17-12-2-1-11(13(18)14(12)19)15(24)21-9-10-3-4-20-16(22-10)23-5-7-25-8-6-23/h1-4H,5-9H2,(H,21,24). The fourth-order valence-electron chi connectivity index (χ4n) is 2.37. The predicted octanol–water partition coefficient (Wildman–Crippen LogP) is 1.66. The fraction of sp³-hybridized carbons (Fsp3) is 0.312. The molecule has 25 heavy (non-hydrogen) atoms. The zero-order chi connectivity index (χ0) is 17.8. The minimum absolute atomic E-state index is 0.00285. The van der Waals surface area contributed by atoms with Crippen LogP contribution in [0.5, 0.6) is 0 Å². The molecule has 9 heteroatoms. The number of morpholine rings is 1. The quantitative estimate of drug-likeness (QED) is 0.848. The first-order valence-electron chi connectivity index (χ1n) is 7.62. The number of carbonyl (C=O) groups is 1. The summed E-state index contributed by atoms with van der Waals surface area (Å²) < 4.78 is 45.0. The lowest BCUT2D eigenvalue weighted by Gasteiger charge is -2.26. The van der Waals surface area contributed by atoms with Crippen LogP contribution in [0.1, 0.15) is 16.1 Å². The van der Waals surface area contributed by atoms with E-state index in [1.165, 1.54) is 0 Å². The molecule has 1 aromatic carbocycles. The van der Waals surface area contributed by atoms with E-state index in [2.05, 4.69) is 15.3 Å². The van der Waals surface area contributed by atoms with Crippen molar-refractivity contribution in [2.75, 3.05) is 31.2 Å². The minimum Gasteiger partial charge on any atom is -0.378 e. The van der Waals surface area contributed by atoms with Crippen LogP contribution >= 0.6 is 0 Å². The Kier molecular flexibility index (Phi) is 5.13. The Morgan fingerprint density at radius 2 is 1.92 bits per heavy atom. The number of hydrogen-bond donors (Lipinski definition) is 1. The number of halogens is 3. The van der Waals surface area contributed by atoms with Crippen LogP contribution in [0.2, 0.25) is 0 Å². The predicted molar refractivity (Wildman–Crippen MR) is 82.6 cm³/mol. The van der Waals surface area contributed by atoms with Crippen molar-refractivity contribution in [3.63, 3.8) is 0 Å². The normalized spacial score (nSPS) is 14.4. The maximum Gasteiger partial charge on any atom is 0.254 e. The van der Waals surface area contributed by atoms with E-state index in [-0.39, 0.29) is 6.54 Å². The topological polar surface area (TPSA) is 67.4 Å². The highest BCUT2D eigenvalue weighted by molar-refractivity contribution is 5.94. The molecule has 1 aliphatic heterocycles. The van der Waals surface area contributed by atoms with Crippen LogP contribution in [0.25, 0.3) is 0 Å². The molecule has 1 aliphatic rings. The van der Waals surface area contributed by atoms with Gasteiger partial charge in [0.25, 0.3) is 5.91 Å². The maximum absolute atomic E-state index is 13.6. The van der Waals surface area contributed by atoms with Gasteiger partial charge in [-0.25, -0.2) is 23.1 Å². The van der Waals surface area contributed by atoms with E-state index >= 15 is 0 Å². The zero-order valence-corrected chi connectivity index (χ0v) is 13.1. The Morgan fingerprint density at radius 1 is 1.16 bits per heavy atom. The van der Waals surface area contributed by atoms with E-state index in [4.69, 9.17) is 4.74 Å². The first kappa shape index (κ1) is 17.2. The highest BCUT2D eigenvalue weighted by atomic mass is 19.2. The molecule has 0 radical (unpaired) electrons. The number of ether oxygens (including phenoxy) is 1. The molecule has 0 spiro atoms. The van der Waals surface area contributed by atoms with Gasteiger partial charge in [0.1, 0.15) is 0 Å². The van der Waals surface area contributed by atoms with E-state index in [1.807, 2.05) is 4.90 Å². The van der Waals surface area contributed by atoms with E-state index < -0.39 is 28.9 Å². The summed E-state index contributed by atoms with van der Waals surface area (Å²) in [6.45, 7) is 2.49. The van der Waals surface area contributed by atoms with Crippen LogP contribution in [0.15, 0.2) is 24.4 Å². The van der Waals surface area contributed by atoms with Gasteiger partial charge in [-0.1, -0.05) is 0 Å². The number of carbonyl (C=O) groups excluding carboxylic acids is 1. The Balaban J connectivity index is 1.67. The van der Waals surface area contributed by atoms with Gasteiger partial charge in [-0.15, -0.1) is 0 Å². The van der Waals surface area contributed by atoms with Gasteiger partial charge in [-0.3, -0.25) is 4.79 Å². The lowest BCUT2D eigenvalue weighted by molar-refractivity contribution is 0.0945. The average molecular weight is 352 g/mol. The fourth-order valence-corrected chi connectivity index (χ4v) is 2.37. The summed E-state index contributed by atoms with van der Waals surface area (Å²) in [6.07, 6.45) is 1.55. The summed E-state index contributed by atoms with van der Waals surface area (Å²) in [6, 6.07) is 3.20. The van der Waals surface area contributed by atoms with Crippen LogP contribution in [0.3, 0.4) is 0 Å². The zero-order valence-electron chi connectivity index (χ0n) is 13.1. The van der Waals surface area contributed by atoms with Gasteiger partial charge in [-0.2, -0.15) is 0 Å². The molecule has 6 nitrogen and oxygen atoms in total. The van der Waals surface area contributed by atoms with Crippen molar-refractivity contribution in [1.29, 1.82) is 0 Å². The van der Waals surface area contributed by atoms with E-state index in [0.29, 0.717) is 44.0 Å². The second-order valence-electron chi connectivity index (χ2n) is 5.35. The van der Waals surface area contributed by atoms with Crippen LogP contribution in [-0.2, 0) is 11.3 Å². The van der Waals surface area contributed by atoms with E-state index in [9.17, 15) is 18.0 Å². The third-order valence-corrected chi connectivity index (χ3v) is 3.70. The highest BCUT2D eigenvalue weighted by Gasteiger charge is 2.19. The lowest BCUT2D eigenvalue weighted by atomic mass is 10.2. The average Bonchev–Trinajstić information content (AvgIpc) is 2.65. The Bertz CT molecular complexity index is 782. The Hall–Kier alpha value is -2.68.